The van der Waals surface area contributed by atoms with Crippen LogP contribution in [0.2, 0.25) is 0 Å². The van der Waals surface area contributed by atoms with Crippen molar-refractivity contribution in [1.82, 2.24) is 19.4 Å². The van der Waals surface area contributed by atoms with Gasteiger partial charge in [0, 0.05) is 18.9 Å². The van der Waals surface area contributed by atoms with Gasteiger partial charge in [0.25, 0.3) is 11.8 Å². The van der Waals surface area contributed by atoms with Crippen LogP contribution in [0, 0.1) is 13.8 Å². The van der Waals surface area contributed by atoms with Crippen molar-refractivity contribution in [3.05, 3.63) is 23.8 Å². The van der Waals surface area contributed by atoms with Crippen molar-refractivity contribution in [3.63, 3.8) is 0 Å². The largest absolute Gasteiger partial charge is 0.477 e. The summed E-state index contributed by atoms with van der Waals surface area (Å²) in [5.41, 5.74) is 0.358. The molecule has 1 aliphatic heterocycles. The van der Waals surface area contributed by atoms with Crippen LogP contribution in [0.5, 0.6) is 11.8 Å². The van der Waals surface area contributed by atoms with E-state index >= 15 is 0 Å². The number of nitrogens with zero attached hydrogens (tertiary/aromatic N) is 4. The fourth-order valence-electron chi connectivity index (χ4n) is 2.88. The summed E-state index contributed by atoms with van der Waals surface area (Å²) in [4.78, 5) is 8.27. The van der Waals surface area contributed by atoms with E-state index in [1.165, 1.54) is 23.8 Å². The first-order valence-corrected chi connectivity index (χ1v) is 9.32. The third-order valence-electron chi connectivity index (χ3n) is 4.01. The maximum atomic E-state index is 12.9. The molecule has 25 heavy (non-hydrogen) atoms. The Hall–Kier alpha value is -2.20. The topological polar surface area (TPSA) is 108 Å². The summed E-state index contributed by atoms with van der Waals surface area (Å²) in [6, 6.07) is 0. The Balaban J connectivity index is 1.79. The fourth-order valence-corrected chi connectivity index (χ4v) is 4.68. The van der Waals surface area contributed by atoms with Crippen molar-refractivity contribution in [2.24, 2.45) is 0 Å². The average Bonchev–Trinajstić information content (AvgIpc) is 2.95. The number of aromatic nitrogens is 3. The van der Waals surface area contributed by atoms with Crippen molar-refractivity contribution in [2.75, 3.05) is 20.2 Å². The number of aryl methyl sites for hydroxylation is 2. The number of rotatable bonds is 5. The van der Waals surface area contributed by atoms with Crippen LogP contribution in [0.1, 0.15) is 24.3 Å². The molecule has 1 saturated heterocycles. The normalized spacial score (nSPS) is 18.9. The van der Waals surface area contributed by atoms with Gasteiger partial charge in [-0.25, -0.2) is 18.4 Å². The van der Waals surface area contributed by atoms with Gasteiger partial charge in [0.1, 0.15) is 16.7 Å². The second-order valence-electron chi connectivity index (χ2n) is 5.77. The Morgan fingerprint density at radius 2 is 1.96 bits per heavy atom. The molecule has 0 amide bonds. The Morgan fingerprint density at radius 3 is 2.60 bits per heavy atom. The third-order valence-corrected chi connectivity index (χ3v) is 6.12. The molecule has 0 radical (unpaired) electrons. The van der Waals surface area contributed by atoms with E-state index in [2.05, 4.69) is 15.1 Å². The summed E-state index contributed by atoms with van der Waals surface area (Å²) in [5, 5.41) is 3.74. The van der Waals surface area contributed by atoms with Gasteiger partial charge in [0.15, 0.2) is 5.76 Å². The predicted octanol–water partition coefficient (Wildman–Crippen LogP) is 1.32. The van der Waals surface area contributed by atoms with E-state index in [0.29, 0.717) is 25.1 Å². The molecule has 0 N–H and O–H groups in total. The second-order valence-corrected chi connectivity index (χ2v) is 7.64. The average molecular weight is 368 g/mol. The van der Waals surface area contributed by atoms with E-state index in [0.717, 1.165) is 0 Å². The molecule has 1 fully saturated rings. The van der Waals surface area contributed by atoms with E-state index in [-0.39, 0.29) is 35.1 Å². The van der Waals surface area contributed by atoms with E-state index in [1.807, 2.05) is 0 Å². The Morgan fingerprint density at radius 1 is 1.24 bits per heavy atom. The number of methoxy groups -OCH3 is 1. The molecule has 0 aromatic carbocycles. The van der Waals surface area contributed by atoms with Crippen LogP contribution >= 0.6 is 0 Å². The molecule has 2 aromatic rings. The van der Waals surface area contributed by atoms with E-state index in [1.54, 1.807) is 13.8 Å². The van der Waals surface area contributed by atoms with Crippen LogP contribution in [-0.4, -0.2) is 54.2 Å². The summed E-state index contributed by atoms with van der Waals surface area (Å²) < 4.78 is 43.2. The van der Waals surface area contributed by atoms with Crippen molar-refractivity contribution in [3.8, 4) is 11.8 Å². The van der Waals surface area contributed by atoms with Crippen LogP contribution < -0.4 is 9.47 Å². The van der Waals surface area contributed by atoms with Crippen LogP contribution in [-0.2, 0) is 10.0 Å². The molecule has 3 heterocycles. The highest BCUT2D eigenvalue weighted by Crippen LogP contribution is 2.28. The highest BCUT2D eigenvalue weighted by Gasteiger charge is 2.35. The van der Waals surface area contributed by atoms with Crippen molar-refractivity contribution < 1.29 is 22.4 Å². The molecule has 9 nitrogen and oxygen atoms in total. The van der Waals surface area contributed by atoms with Gasteiger partial charge in [-0.1, -0.05) is 5.16 Å². The molecule has 2 aromatic heterocycles. The summed E-state index contributed by atoms with van der Waals surface area (Å²) in [7, 11) is -2.21. The quantitative estimate of drug-likeness (QED) is 0.778. The van der Waals surface area contributed by atoms with Crippen LogP contribution in [0.15, 0.2) is 21.8 Å². The summed E-state index contributed by atoms with van der Waals surface area (Å²) in [6.45, 7) is 3.84. The zero-order valence-electron chi connectivity index (χ0n) is 14.3. The first-order valence-electron chi connectivity index (χ1n) is 7.88. The molecule has 0 saturated carbocycles. The highest BCUT2D eigenvalue weighted by atomic mass is 32.2. The van der Waals surface area contributed by atoms with Gasteiger partial charge >= 0.3 is 0 Å². The number of ether oxygens (including phenoxy) is 2. The predicted molar refractivity (Wildman–Crippen MR) is 87.0 cm³/mol. The van der Waals surface area contributed by atoms with Crippen molar-refractivity contribution in [2.45, 2.75) is 37.7 Å². The lowest BCUT2D eigenvalue weighted by Gasteiger charge is -2.31. The van der Waals surface area contributed by atoms with Crippen LogP contribution in [0.4, 0.5) is 0 Å². The molecule has 1 atom stereocenters. The molecule has 10 heteroatoms. The van der Waals surface area contributed by atoms with Gasteiger partial charge in [-0.05, 0) is 26.7 Å². The molecule has 3 rings (SSSR count). The zero-order valence-corrected chi connectivity index (χ0v) is 15.1. The number of hydrogen-bond acceptors (Lipinski definition) is 8. The van der Waals surface area contributed by atoms with Gasteiger partial charge in [0.05, 0.1) is 13.7 Å². The van der Waals surface area contributed by atoms with Crippen LogP contribution in [0.25, 0.3) is 0 Å². The summed E-state index contributed by atoms with van der Waals surface area (Å²) >= 11 is 0. The first-order chi connectivity index (χ1) is 11.9. The van der Waals surface area contributed by atoms with E-state index in [4.69, 9.17) is 14.0 Å². The standard InChI is InChI=1S/C15H20N4O5S/c1-10-13(11(2)24-18-10)25(20,21)19-8-4-5-12(9-19)23-15-14(22-3)16-6-7-17-15/h6-7,12H,4-5,8-9H2,1-3H3. The number of hydrogen-bond donors (Lipinski definition) is 0. The molecule has 1 aliphatic rings. The Kier molecular flexibility index (Phi) is 4.91. The zero-order chi connectivity index (χ0) is 18.0. The minimum atomic E-state index is -3.69. The van der Waals surface area contributed by atoms with Crippen LogP contribution in [0.3, 0.4) is 0 Å². The lowest BCUT2D eigenvalue weighted by molar-refractivity contribution is 0.119. The van der Waals surface area contributed by atoms with Gasteiger partial charge in [0.2, 0.25) is 10.0 Å². The number of piperidine rings is 1. The molecule has 0 spiro atoms. The first kappa shape index (κ1) is 17.6. The SMILES string of the molecule is COc1nccnc1OC1CCCN(S(=O)(=O)c2c(C)noc2C)C1. The maximum absolute atomic E-state index is 12.9. The van der Waals surface area contributed by atoms with Gasteiger partial charge in [-0.15, -0.1) is 0 Å². The molecular weight excluding hydrogens is 348 g/mol. The molecular formula is C15H20N4O5S. The smallest absolute Gasteiger partial charge is 0.278 e. The highest BCUT2D eigenvalue weighted by molar-refractivity contribution is 7.89. The number of sulfonamides is 1. The third kappa shape index (κ3) is 3.45. The molecule has 0 bridgehead atoms. The van der Waals surface area contributed by atoms with Crippen molar-refractivity contribution in [1.29, 1.82) is 0 Å². The molecule has 1 unspecified atom stereocenters. The van der Waals surface area contributed by atoms with Gasteiger partial charge in [-0.3, -0.25) is 0 Å². The maximum Gasteiger partial charge on any atom is 0.278 e. The molecule has 0 aliphatic carbocycles. The molecule has 136 valence electrons. The monoisotopic (exact) mass is 368 g/mol. The lowest BCUT2D eigenvalue weighted by Crippen LogP contribution is -2.44. The minimum absolute atomic E-state index is 0.130. The second kappa shape index (κ2) is 6.96. The summed E-state index contributed by atoms with van der Waals surface area (Å²) in [6.07, 6.45) is 4.05. The Labute approximate surface area is 146 Å². The Bertz CT molecular complexity index is 832. The van der Waals surface area contributed by atoms with Gasteiger partial charge in [-0.2, -0.15) is 4.31 Å². The lowest BCUT2D eigenvalue weighted by atomic mass is 10.1. The fraction of sp³-hybridized carbons (Fsp3) is 0.533. The van der Waals surface area contributed by atoms with Gasteiger partial charge < -0.3 is 14.0 Å². The summed E-state index contributed by atoms with van der Waals surface area (Å²) in [5.74, 6) is 0.816. The van der Waals surface area contributed by atoms with E-state index < -0.39 is 10.0 Å². The van der Waals surface area contributed by atoms with Crippen molar-refractivity contribution >= 4 is 10.0 Å². The van der Waals surface area contributed by atoms with E-state index in [9.17, 15) is 8.42 Å². The minimum Gasteiger partial charge on any atom is -0.477 e.